The summed E-state index contributed by atoms with van der Waals surface area (Å²) in [6, 6.07) is 2.03. The van der Waals surface area contributed by atoms with E-state index in [0.29, 0.717) is 5.92 Å². The minimum Gasteiger partial charge on any atom is -0.266 e. The second-order valence-electron chi connectivity index (χ2n) is 3.29. The van der Waals surface area contributed by atoms with Gasteiger partial charge in [0.2, 0.25) is 0 Å². The van der Waals surface area contributed by atoms with Gasteiger partial charge in [0.25, 0.3) is 5.56 Å². The van der Waals surface area contributed by atoms with Crippen LogP contribution in [0.4, 0.5) is 0 Å². The predicted molar refractivity (Wildman–Crippen MR) is 54.3 cm³/mol. The summed E-state index contributed by atoms with van der Waals surface area (Å²) in [5.74, 6) is 0.469. The van der Waals surface area contributed by atoms with Gasteiger partial charge in [-0.05, 0) is 12.0 Å². The minimum atomic E-state index is -0.0885. The summed E-state index contributed by atoms with van der Waals surface area (Å²) in [5.41, 5.74) is -0.0885. The van der Waals surface area contributed by atoms with Crippen molar-refractivity contribution in [1.29, 1.82) is 0 Å². The number of aromatic nitrogens is 2. The maximum Gasteiger partial charge on any atom is 0.282 e. The Morgan fingerprint density at radius 2 is 2.31 bits per heavy atom. The molecule has 0 amide bonds. The molecule has 0 aliphatic heterocycles. The van der Waals surface area contributed by atoms with Crippen LogP contribution in [0.1, 0.15) is 24.6 Å². The molecule has 4 heteroatoms. The van der Waals surface area contributed by atoms with E-state index in [4.69, 9.17) is 0 Å². The van der Waals surface area contributed by atoms with Crippen LogP contribution in [-0.4, -0.2) is 10.2 Å². The molecule has 0 aliphatic rings. The molecule has 0 saturated carbocycles. The first-order valence-corrected chi connectivity index (χ1v) is 4.97. The lowest BCUT2D eigenvalue weighted by Gasteiger charge is -1.95. The van der Waals surface area contributed by atoms with Crippen LogP contribution in [0, 0.1) is 0 Å². The quantitative estimate of drug-likeness (QED) is 0.755. The third kappa shape index (κ3) is 1.37. The molecule has 0 aliphatic carbocycles. The minimum absolute atomic E-state index is 0.0885. The van der Waals surface area contributed by atoms with E-state index in [9.17, 15) is 4.79 Å². The fourth-order valence-electron chi connectivity index (χ4n) is 1.19. The number of aromatic amines is 1. The van der Waals surface area contributed by atoms with Crippen LogP contribution in [0.25, 0.3) is 10.1 Å². The Morgan fingerprint density at radius 1 is 1.54 bits per heavy atom. The van der Waals surface area contributed by atoms with E-state index in [1.807, 2.05) is 6.07 Å². The van der Waals surface area contributed by atoms with Gasteiger partial charge < -0.3 is 0 Å². The van der Waals surface area contributed by atoms with Crippen molar-refractivity contribution in [3.63, 3.8) is 0 Å². The lowest BCUT2D eigenvalue weighted by atomic mass is 10.2. The van der Waals surface area contributed by atoms with E-state index in [1.165, 1.54) is 4.88 Å². The van der Waals surface area contributed by atoms with Crippen LogP contribution >= 0.6 is 11.3 Å². The molecule has 0 unspecified atom stereocenters. The molecule has 68 valence electrons. The van der Waals surface area contributed by atoms with Crippen molar-refractivity contribution >= 4 is 21.4 Å². The standard InChI is InChI=1S/C9H10N2OS/c1-5(2)7-3-6-4-10-11-9(12)8(6)13-7/h3-5H,1-2H3,(H,11,12). The van der Waals surface area contributed by atoms with Crippen molar-refractivity contribution in [3.05, 3.63) is 27.5 Å². The van der Waals surface area contributed by atoms with Crippen molar-refractivity contribution < 1.29 is 0 Å². The zero-order valence-corrected chi connectivity index (χ0v) is 8.31. The molecule has 0 saturated heterocycles. The molecule has 13 heavy (non-hydrogen) atoms. The average molecular weight is 194 g/mol. The average Bonchev–Trinajstić information content (AvgIpc) is 2.49. The Morgan fingerprint density at radius 3 is 2.92 bits per heavy atom. The van der Waals surface area contributed by atoms with Crippen molar-refractivity contribution in [1.82, 2.24) is 10.2 Å². The lowest BCUT2D eigenvalue weighted by Crippen LogP contribution is -2.04. The second kappa shape index (κ2) is 2.96. The summed E-state index contributed by atoms with van der Waals surface area (Å²) in [6.07, 6.45) is 1.69. The van der Waals surface area contributed by atoms with Gasteiger partial charge in [-0.15, -0.1) is 11.3 Å². The number of rotatable bonds is 1. The van der Waals surface area contributed by atoms with Gasteiger partial charge in [0.05, 0.1) is 6.20 Å². The molecular weight excluding hydrogens is 184 g/mol. The molecule has 0 bridgehead atoms. The highest BCUT2D eigenvalue weighted by molar-refractivity contribution is 7.19. The number of hydrogen-bond donors (Lipinski definition) is 1. The Balaban J connectivity index is 2.76. The van der Waals surface area contributed by atoms with Gasteiger partial charge >= 0.3 is 0 Å². The number of H-pyrrole nitrogens is 1. The van der Waals surface area contributed by atoms with E-state index in [2.05, 4.69) is 24.0 Å². The van der Waals surface area contributed by atoms with Gasteiger partial charge in [-0.2, -0.15) is 5.10 Å². The van der Waals surface area contributed by atoms with Crippen molar-refractivity contribution in [2.24, 2.45) is 0 Å². The van der Waals surface area contributed by atoms with Gasteiger partial charge in [-0.25, -0.2) is 5.10 Å². The van der Waals surface area contributed by atoms with Crippen LogP contribution in [0.2, 0.25) is 0 Å². The molecule has 0 atom stereocenters. The van der Waals surface area contributed by atoms with E-state index in [0.717, 1.165) is 10.1 Å². The summed E-state index contributed by atoms with van der Waals surface area (Å²) in [4.78, 5) is 12.5. The van der Waals surface area contributed by atoms with Crippen LogP contribution in [0.15, 0.2) is 17.1 Å². The van der Waals surface area contributed by atoms with Gasteiger partial charge in [0.15, 0.2) is 0 Å². The van der Waals surface area contributed by atoms with Crippen LogP contribution in [-0.2, 0) is 0 Å². The second-order valence-corrected chi connectivity index (χ2v) is 4.37. The highest BCUT2D eigenvalue weighted by atomic mass is 32.1. The van der Waals surface area contributed by atoms with Crippen LogP contribution in [0.3, 0.4) is 0 Å². The Kier molecular flexibility index (Phi) is 1.92. The number of nitrogens with zero attached hydrogens (tertiary/aromatic N) is 1. The molecule has 0 spiro atoms. The Labute approximate surface area is 79.4 Å². The molecule has 2 aromatic rings. The molecule has 0 radical (unpaired) electrons. The van der Waals surface area contributed by atoms with E-state index >= 15 is 0 Å². The number of hydrogen-bond acceptors (Lipinski definition) is 3. The molecular formula is C9H10N2OS. The SMILES string of the molecule is CC(C)c1cc2cn[nH]c(=O)c2s1. The monoisotopic (exact) mass is 194 g/mol. The molecule has 2 rings (SSSR count). The number of thiophene rings is 1. The summed E-state index contributed by atoms with van der Waals surface area (Å²) in [7, 11) is 0. The third-order valence-corrected chi connectivity index (χ3v) is 3.38. The fraction of sp³-hybridized carbons (Fsp3) is 0.333. The number of nitrogens with one attached hydrogen (secondary N) is 1. The van der Waals surface area contributed by atoms with E-state index in [-0.39, 0.29) is 5.56 Å². The highest BCUT2D eigenvalue weighted by Gasteiger charge is 2.07. The molecule has 0 aromatic carbocycles. The maximum absolute atomic E-state index is 11.3. The van der Waals surface area contributed by atoms with Crippen molar-refractivity contribution in [2.75, 3.05) is 0 Å². The van der Waals surface area contributed by atoms with Gasteiger partial charge in [0.1, 0.15) is 4.70 Å². The molecule has 2 heterocycles. The van der Waals surface area contributed by atoms with Crippen molar-refractivity contribution in [3.8, 4) is 0 Å². The first-order chi connectivity index (χ1) is 6.18. The van der Waals surface area contributed by atoms with Gasteiger partial charge in [-0.3, -0.25) is 4.79 Å². The summed E-state index contributed by atoms with van der Waals surface area (Å²) in [5, 5.41) is 7.13. The third-order valence-electron chi connectivity index (χ3n) is 1.92. The first kappa shape index (κ1) is 8.44. The normalized spacial score (nSPS) is 11.3. The zero-order chi connectivity index (χ0) is 9.42. The Bertz CT molecular complexity index is 484. The zero-order valence-electron chi connectivity index (χ0n) is 7.50. The Hall–Kier alpha value is -1.16. The molecule has 1 N–H and O–H groups in total. The topological polar surface area (TPSA) is 45.8 Å². The predicted octanol–water partition coefficient (Wildman–Crippen LogP) is 2.11. The molecule has 3 nitrogen and oxygen atoms in total. The van der Waals surface area contributed by atoms with Crippen LogP contribution in [0.5, 0.6) is 0 Å². The summed E-state index contributed by atoms with van der Waals surface area (Å²) in [6.45, 7) is 4.23. The largest absolute Gasteiger partial charge is 0.282 e. The van der Waals surface area contributed by atoms with Gasteiger partial charge in [0, 0.05) is 10.3 Å². The lowest BCUT2D eigenvalue weighted by molar-refractivity contribution is 0.890. The van der Waals surface area contributed by atoms with Gasteiger partial charge in [-0.1, -0.05) is 13.8 Å². The first-order valence-electron chi connectivity index (χ1n) is 4.15. The summed E-state index contributed by atoms with van der Waals surface area (Å²) >= 11 is 1.55. The molecule has 2 aromatic heterocycles. The summed E-state index contributed by atoms with van der Waals surface area (Å²) < 4.78 is 0.777. The fourth-order valence-corrected chi connectivity index (χ4v) is 2.22. The molecule has 0 fully saturated rings. The highest BCUT2D eigenvalue weighted by Crippen LogP contribution is 2.27. The maximum atomic E-state index is 11.3. The smallest absolute Gasteiger partial charge is 0.266 e. The van der Waals surface area contributed by atoms with E-state index < -0.39 is 0 Å². The number of fused-ring (bicyclic) bond motifs is 1. The van der Waals surface area contributed by atoms with E-state index in [1.54, 1.807) is 17.5 Å². The van der Waals surface area contributed by atoms with Crippen LogP contribution < -0.4 is 5.56 Å². The van der Waals surface area contributed by atoms with Crippen molar-refractivity contribution in [2.45, 2.75) is 19.8 Å².